The zero-order valence-electron chi connectivity index (χ0n) is 11.8. The molecule has 0 aliphatic carbocycles. The lowest BCUT2D eigenvalue weighted by atomic mass is 10.1. The second-order valence-corrected chi connectivity index (χ2v) is 4.85. The molecule has 1 rings (SSSR count). The number of hydrogen-bond donors (Lipinski definition) is 2. The Kier molecular flexibility index (Phi) is 7.94. The molecule has 3 heteroatoms. The van der Waals surface area contributed by atoms with E-state index in [1.54, 1.807) is 6.08 Å². The molecule has 1 unspecified atom stereocenters. The van der Waals surface area contributed by atoms with Gasteiger partial charge in [-0.3, -0.25) is 0 Å². The number of rotatable bonds is 10. The summed E-state index contributed by atoms with van der Waals surface area (Å²) in [5.41, 5.74) is 1.25. The van der Waals surface area contributed by atoms with Crippen molar-refractivity contribution in [3.05, 3.63) is 42.5 Å². The van der Waals surface area contributed by atoms with Crippen molar-refractivity contribution < 1.29 is 9.84 Å². The smallest absolute Gasteiger partial charge is 0.119 e. The lowest BCUT2D eigenvalue weighted by Crippen LogP contribution is -2.15. The average molecular weight is 263 g/mol. The highest BCUT2D eigenvalue weighted by Gasteiger charge is 1.99. The number of nitrogens with one attached hydrogen (secondary N) is 1. The summed E-state index contributed by atoms with van der Waals surface area (Å²) in [4.78, 5) is 0. The zero-order chi connectivity index (χ0) is 13.9. The first-order chi connectivity index (χ1) is 9.26. The Hall–Kier alpha value is -1.32. The van der Waals surface area contributed by atoms with E-state index in [0.717, 1.165) is 31.7 Å². The van der Waals surface area contributed by atoms with Crippen LogP contribution in [0.1, 0.15) is 25.3 Å². The van der Waals surface area contributed by atoms with Crippen LogP contribution in [0.2, 0.25) is 0 Å². The predicted molar refractivity (Wildman–Crippen MR) is 79.3 cm³/mol. The number of hydrogen-bond acceptors (Lipinski definition) is 3. The summed E-state index contributed by atoms with van der Waals surface area (Å²) in [5, 5.41) is 12.3. The van der Waals surface area contributed by atoms with E-state index < -0.39 is 0 Å². The van der Waals surface area contributed by atoms with Crippen molar-refractivity contribution in [3.8, 4) is 5.75 Å². The molecule has 106 valence electrons. The summed E-state index contributed by atoms with van der Waals surface area (Å²) < 4.78 is 5.43. The summed E-state index contributed by atoms with van der Waals surface area (Å²) in [5.74, 6) is 1.28. The molecule has 0 heterocycles. The van der Waals surface area contributed by atoms with Gasteiger partial charge in [0.1, 0.15) is 12.4 Å². The van der Waals surface area contributed by atoms with Crippen LogP contribution in [0.3, 0.4) is 0 Å². The SMILES string of the molecule is C=CCOc1ccc(CNCCCC(C)CO)cc1. The molecule has 2 N–H and O–H groups in total. The molecule has 0 aromatic heterocycles. The standard InChI is InChI=1S/C16H25NO2/c1-3-11-19-16-8-6-15(7-9-16)12-17-10-4-5-14(2)13-18/h3,6-9,14,17-18H,1,4-5,10-13H2,2H3. The van der Waals surface area contributed by atoms with Crippen LogP contribution in [0.15, 0.2) is 36.9 Å². The van der Waals surface area contributed by atoms with E-state index in [9.17, 15) is 0 Å². The molecule has 0 fully saturated rings. The van der Waals surface area contributed by atoms with Crippen molar-refractivity contribution in [1.82, 2.24) is 5.32 Å². The van der Waals surface area contributed by atoms with Crippen molar-refractivity contribution in [2.75, 3.05) is 19.8 Å². The lowest BCUT2D eigenvalue weighted by Gasteiger charge is -2.09. The van der Waals surface area contributed by atoms with Gasteiger partial charge in [-0.15, -0.1) is 0 Å². The van der Waals surface area contributed by atoms with Gasteiger partial charge in [-0.25, -0.2) is 0 Å². The van der Waals surface area contributed by atoms with Crippen LogP contribution in [-0.4, -0.2) is 24.9 Å². The Morgan fingerprint density at radius 1 is 1.37 bits per heavy atom. The van der Waals surface area contributed by atoms with Crippen LogP contribution in [0.4, 0.5) is 0 Å². The number of benzene rings is 1. The van der Waals surface area contributed by atoms with Gasteiger partial charge in [-0.2, -0.15) is 0 Å². The highest BCUT2D eigenvalue weighted by atomic mass is 16.5. The van der Waals surface area contributed by atoms with Crippen molar-refractivity contribution in [1.29, 1.82) is 0 Å². The molecule has 1 aromatic rings. The molecule has 0 spiro atoms. The molecule has 1 atom stereocenters. The fourth-order valence-corrected chi connectivity index (χ4v) is 1.76. The van der Waals surface area contributed by atoms with Gasteiger partial charge in [-0.1, -0.05) is 31.7 Å². The quantitative estimate of drug-likeness (QED) is 0.504. The minimum atomic E-state index is 0.284. The monoisotopic (exact) mass is 263 g/mol. The molecule has 0 saturated heterocycles. The molecule has 0 aliphatic rings. The summed E-state index contributed by atoms with van der Waals surface area (Å²) in [7, 11) is 0. The van der Waals surface area contributed by atoms with Gasteiger partial charge in [0.2, 0.25) is 0 Å². The Balaban J connectivity index is 2.17. The molecule has 0 amide bonds. The van der Waals surface area contributed by atoms with Crippen LogP contribution >= 0.6 is 0 Å². The molecule has 0 aliphatic heterocycles. The van der Waals surface area contributed by atoms with Crippen LogP contribution < -0.4 is 10.1 Å². The van der Waals surface area contributed by atoms with Crippen LogP contribution in [0.25, 0.3) is 0 Å². The fraction of sp³-hybridized carbons (Fsp3) is 0.500. The maximum Gasteiger partial charge on any atom is 0.119 e. The second kappa shape index (κ2) is 9.59. The maximum atomic E-state index is 8.92. The average Bonchev–Trinajstić information content (AvgIpc) is 2.45. The van der Waals surface area contributed by atoms with Gasteiger partial charge in [0.05, 0.1) is 0 Å². The summed E-state index contributed by atoms with van der Waals surface area (Å²) in [6.07, 6.45) is 3.91. The molecule has 0 radical (unpaired) electrons. The Bertz CT molecular complexity index is 348. The highest BCUT2D eigenvalue weighted by Crippen LogP contribution is 2.12. The number of aliphatic hydroxyl groups excluding tert-OH is 1. The summed E-state index contributed by atoms with van der Waals surface area (Å²) in [6.45, 7) is 8.37. The first-order valence-electron chi connectivity index (χ1n) is 6.90. The van der Waals surface area contributed by atoms with Gasteiger partial charge in [-0.05, 0) is 43.0 Å². The van der Waals surface area contributed by atoms with E-state index in [4.69, 9.17) is 9.84 Å². The second-order valence-electron chi connectivity index (χ2n) is 4.85. The lowest BCUT2D eigenvalue weighted by molar-refractivity contribution is 0.228. The van der Waals surface area contributed by atoms with Crippen molar-refractivity contribution in [2.24, 2.45) is 5.92 Å². The fourth-order valence-electron chi connectivity index (χ4n) is 1.76. The topological polar surface area (TPSA) is 41.5 Å². The van der Waals surface area contributed by atoms with Gasteiger partial charge in [0, 0.05) is 13.2 Å². The van der Waals surface area contributed by atoms with Crippen molar-refractivity contribution in [3.63, 3.8) is 0 Å². The van der Waals surface area contributed by atoms with E-state index in [2.05, 4.69) is 31.0 Å². The van der Waals surface area contributed by atoms with E-state index >= 15 is 0 Å². The minimum Gasteiger partial charge on any atom is -0.490 e. The van der Waals surface area contributed by atoms with Crippen molar-refractivity contribution in [2.45, 2.75) is 26.3 Å². The van der Waals surface area contributed by atoms with Gasteiger partial charge >= 0.3 is 0 Å². The largest absolute Gasteiger partial charge is 0.490 e. The zero-order valence-corrected chi connectivity index (χ0v) is 11.8. The molecular formula is C16H25NO2. The number of aliphatic hydroxyl groups is 1. The predicted octanol–water partition coefficient (Wildman–Crippen LogP) is 2.75. The van der Waals surface area contributed by atoms with Crippen LogP contribution in [0.5, 0.6) is 5.75 Å². The molecule has 0 bridgehead atoms. The molecule has 3 nitrogen and oxygen atoms in total. The third kappa shape index (κ3) is 6.99. The van der Waals surface area contributed by atoms with Crippen LogP contribution in [-0.2, 0) is 6.54 Å². The van der Waals surface area contributed by atoms with Gasteiger partial charge in [0.15, 0.2) is 0 Å². The summed E-state index contributed by atoms with van der Waals surface area (Å²) >= 11 is 0. The molecule has 1 aromatic carbocycles. The van der Waals surface area contributed by atoms with E-state index in [1.165, 1.54) is 5.56 Å². The minimum absolute atomic E-state index is 0.284. The van der Waals surface area contributed by atoms with E-state index in [1.807, 2.05) is 12.1 Å². The summed E-state index contributed by atoms with van der Waals surface area (Å²) in [6, 6.07) is 8.10. The molecule has 19 heavy (non-hydrogen) atoms. The Morgan fingerprint density at radius 3 is 2.74 bits per heavy atom. The van der Waals surface area contributed by atoms with E-state index in [-0.39, 0.29) is 6.61 Å². The Labute approximate surface area is 116 Å². The van der Waals surface area contributed by atoms with Gasteiger partial charge in [0.25, 0.3) is 0 Å². The van der Waals surface area contributed by atoms with Crippen molar-refractivity contribution >= 4 is 0 Å². The normalized spacial score (nSPS) is 12.1. The first-order valence-corrected chi connectivity index (χ1v) is 6.90. The highest BCUT2D eigenvalue weighted by molar-refractivity contribution is 5.27. The third-order valence-electron chi connectivity index (χ3n) is 2.98. The Morgan fingerprint density at radius 2 is 2.11 bits per heavy atom. The number of ether oxygens (including phenoxy) is 1. The molecule has 0 saturated carbocycles. The first kappa shape index (κ1) is 15.7. The third-order valence-corrected chi connectivity index (χ3v) is 2.98. The molecular weight excluding hydrogens is 238 g/mol. The van der Waals surface area contributed by atoms with E-state index in [0.29, 0.717) is 12.5 Å². The maximum absolute atomic E-state index is 8.92. The van der Waals surface area contributed by atoms with Gasteiger partial charge < -0.3 is 15.2 Å². The van der Waals surface area contributed by atoms with Crippen LogP contribution in [0, 0.1) is 5.92 Å².